The number of hydrogen-bond donors (Lipinski definition) is 0. The van der Waals surface area contributed by atoms with E-state index in [1.807, 2.05) is 47.7 Å². The van der Waals surface area contributed by atoms with Crippen molar-refractivity contribution >= 4 is 53.4 Å². The van der Waals surface area contributed by atoms with Gasteiger partial charge in [-0.3, -0.25) is 0 Å². The largest absolute Gasteiger partial charge is 0.455 e. The van der Waals surface area contributed by atoms with Gasteiger partial charge in [0.1, 0.15) is 11.2 Å². The summed E-state index contributed by atoms with van der Waals surface area (Å²) in [4.78, 5) is 15.1. The summed E-state index contributed by atoms with van der Waals surface area (Å²) < 4.78 is 9.38. The monoisotopic (exact) mass is 733 g/mol. The Kier molecular flexibility index (Phi) is 7.64. The van der Waals surface area contributed by atoms with Gasteiger partial charge in [-0.25, -0.2) is 15.0 Å². The van der Waals surface area contributed by atoms with Crippen molar-refractivity contribution < 1.29 is 4.42 Å². The molecule has 262 valence electrons. The van der Waals surface area contributed by atoms with Crippen molar-refractivity contribution in [3.05, 3.63) is 188 Å². The number of fused-ring (bicyclic) bond motifs is 6. The number of hydrogen-bond acceptors (Lipinski definition) is 5. The van der Waals surface area contributed by atoms with Gasteiger partial charge in [-0.15, -0.1) is 11.3 Å². The van der Waals surface area contributed by atoms with Gasteiger partial charge in [0.2, 0.25) is 0 Å². The average Bonchev–Trinajstić information content (AvgIpc) is 3.85. The third-order valence-corrected chi connectivity index (χ3v) is 11.6. The van der Waals surface area contributed by atoms with E-state index < -0.39 is 0 Å². The predicted octanol–water partition coefficient (Wildman–Crippen LogP) is 14.1. The van der Waals surface area contributed by atoms with Gasteiger partial charge >= 0.3 is 0 Å². The first-order valence-electron chi connectivity index (χ1n) is 18.7. The minimum Gasteiger partial charge on any atom is -0.455 e. The molecule has 0 aliphatic carbocycles. The van der Waals surface area contributed by atoms with E-state index in [4.69, 9.17) is 19.4 Å². The zero-order valence-electron chi connectivity index (χ0n) is 30.1. The molecule has 3 heterocycles. The van der Waals surface area contributed by atoms with Gasteiger partial charge in [-0.05, 0) is 64.2 Å². The predicted molar refractivity (Wildman–Crippen MR) is 233 cm³/mol. The summed E-state index contributed by atoms with van der Waals surface area (Å²) in [5, 5.41) is 4.69. The molecule has 0 amide bonds. The van der Waals surface area contributed by atoms with Crippen LogP contribution in [0.4, 0.5) is 0 Å². The fourth-order valence-corrected chi connectivity index (χ4v) is 9.01. The van der Waals surface area contributed by atoms with E-state index in [0.717, 1.165) is 60.9 Å². The van der Waals surface area contributed by atoms with Crippen LogP contribution in [0.3, 0.4) is 0 Å². The third kappa shape index (κ3) is 5.56. The van der Waals surface area contributed by atoms with Crippen LogP contribution in [0.15, 0.2) is 192 Å². The molecule has 0 saturated carbocycles. The van der Waals surface area contributed by atoms with E-state index in [-0.39, 0.29) is 0 Å². The summed E-state index contributed by atoms with van der Waals surface area (Å²) in [6.45, 7) is 0. The van der Waals surface area contributed by atoms with Crippen molar-refractivity contribution in [1.82, 2.24) is 15.0 Å². The lowest BCUT2D eigenvalue weighted by Crippen LogP contribution is -2.00. The Morgan fingerprint density at radius 2 is 0.929 bits per heavy atom. The van der Waals surface area contributed by atoms with Gasteiger partial charge in [0.25, 0.3) is 0 Å². The lowest BCUT2D eigenvalue weighted by atomic mass is 9.94. The van der Waals surface area contributed by atoms with Crippen molar-refractivity contribution in [3.8, 4) is 67.5 Å². The topological polar surface area (TPSA) is 51.8 Å². The van der Waals surface area contributed by atoms with Crippen LogP contribution in [0.1, 0.15) is 0 Å². The maximum Gasteiger partial charge on any atom is 0.164 e. The Bertz CT molecular complexity index is 3240. The summed E-state index contributed by atoms with van der Waals surface area (Å²) in [5.74, 6) is 1.82. The third-order valence-electron chi connectivity index (χ3n) is 10.5. The molecule has 11 aromatic rings. The minimum absolute atomic E-state index is 0.587. The summed E-state index contributed by atoms with van der Waals surface area (Å²) >= 11 is 1.84. The highest BCUT2D eigenvalue weighted by atomic mass is 32.1. The number of nitrogens with zero attached hydrogens (tertiary/aromatic N) is 3. The highest BCUT2D eigenvalue weighted by molar-refractivity contribution is 7.26. The molecule has 5 heteroatoms. The highest BCUT2D eigenvalue weighted by Gasteiger charge is 2.19. The number of aromatic nitrogens is 3. The van der Waals surface area contributed by atoms with Gasteiger partial charge < -0.3 is 4.42 Å². The molecule has 3 aromatic heterocycles. The Morgan fingerprint density at radius 1 is 0.339 bits per heavy atom. The lowest BCUT2D eigenvalue weighted by molar-refractivity contribution is 0.670. The van der Waals surface area contributed by atoms with E-state index >= 15 is 0 Å². The first-order valence-corrected chi connectivity index (χ1v) is 19.5. The van der Waals surface area contributed by atoms with Gasteiger partial charge in [0.05, 0.1) is 0 Å². The first kappa shape index (κ1) is 32.2. The number of para-hydroxylation sites is 1. The van der Waals surface area contributed by atoms with Crippen LogP contribution in [-0.4, -0.2) is 15.0 Å². The molecule has 0 atom stereocenters. The number of furan rings is 1. The Labute approximate surface area is 327 Å². The van der Waals surface area contributed by atoms with Crippen LogP contribution in [0.2, 0.25) is 0 Å². The zero-order valence-corrected chi connectivity index (χ0v) is 30.9. The SMILES string of the molecule is c1ccc(-c2cccc(-c3nc(-c4ccccc4)nc(-c4ccc5c(c4)oc4c(-c6cc(-c7ccccc7)c7c(c6)sc6ccccc67)cccc45)n3)c2)cc1. The minimum atomic E-state index is 0.587. The van der Waals surface area contributed by atoms with Crippen LogP contribution in [0.25, 0.3) is 110 Å². The molecule has 0 aliphatic rings. The van der Waals surface area contributed by atoms with Gasteiger partial charge in [0.15, 0.2) is 17.5 Å². The molecule has 4 nitrogen and oxygen atoms in total. The molecule has 0 aliphatic heterocycles. The van der Waals surface area contributed by atoms with Crippen molar-refractivity contribution in [1.29, 1.82) is 0 Å². The zero-order chi connectivity index (χ0) is 37.0. The summed E-state index contributed by atoms with van der Waals surface area (Å²) in [6.07, 6.45) is 0. The van der Waals surface area contributed by atoms with Gasteiger partial charge in [-0.2, -0.15) is 0 Å². The van der Waals surface area contributed by atoms with Crippen molar-refractivity contribution in [2.24, 2.45) is 0 Å². The molecule has 56 heavy (non-hydrogen) atoms. The molecule has 0 unspecified atom stereocenters. The van der Waals surface area contributed by atoms with Crippen molar-refractivity contribution in [3.63, 3.8) is 0 Å². The quantitative estimate of drug-likeness (QED) is 0.171. The van der Waals surface area contributed by atoms with E-state index in [1.165, 1.54) is 31.3 Å². The number of rotatable bonds is 6. The van der Waals surface area contributed by atoms with E-state index in [9.17, 15) is 0 Å². The molecule has 8 aromatic carbocycles. The second-order valence-electron chi connectivity index (χ2n) is 14.0. The molecule has 0 fully saturated rings. The van der Waals surface area contributed by atoms with Crippen molar-refractivity contribution in [2.45, 2.75) is 0 Å². The summed E-state index contributed by atoms with van der Waals surface area (Å²) in [7, 11) is 0. The average molecular weight is 734 g/mol. The van der Waals surface area contributed by atoms with Gasteiger partial charge in [0, 0.05) is 53.2 Å². The molecular weight excluding hydrogens is 703 g/mol. The lowest BCUT2D eigenvalue weighted by Gasteiger charge is -2.10. The molecule has 0 saturated heterocycles. The molecule has 0 spiro atoms. The van der Waals surface area contributed by atoms with Crippen LogP contribution in [0.5, 0.6) is 0 Å². The van der Waals surface area contributed by atoms with Crippen LogP contribution in [0, 0.1) is 0 Å². The molecule has 0 bridgehead atoms. The number of benzene rings is 8. The summed E-state index contributed by atoms with van der Waals surface area (Å²) in [6, 6.07) is 65.6. The van der Waals surface area contributed by atoms with E-state index in [0.29, 0.717) is 17.5 Å². The second kappa shape index (κ2) is 13.3. The molecule has 0 radical (unpaired) electrons. The van der Waals surface area contributed by atoms with Crippen molar-refractivity contribution in [2.75, 3.05) is 0 Å². The van der Waals surface area contributed by atoms with E-state index in [1.54, 1.807) is 0 Å². The summed E-state index contributed by atoms with van der Waals surface area (Å²) in [5.41, 5.74) is 11.2. The van der Waals surface area contributed by atoms with Crippen LogP contribution < -0.4 is 0 Å². The Balaban J connectivity index is 1.06. The second-order valence-corrected chi connectivity index (χ2v) is 15.1. The Hall–Kier alpha value is -7.21. The van der Waals surface area contributed by atoms with Crippen LogP contribution >= 0.6 is 11.3 Å². The number of thiophene rings is 1. The highest BCUT2D eigenvalue weighted by Crippen LogP contribution is 2.45. The standard InChI is InChI=1S/C51H31N3OS/c1-4-14-32(15-5-1)35-20-12-21-36(28-35)50-52-49(34-18-8-3-9-19-34)53-51(54-50)37-26-27-40-41-24-13-23-39(48(41)55-44(40)30-37)38-29-43(33-16-6-2-7-17-33)47-42-22-10-11-25-45(42)56-46(47)31-38/h1-31H. The molecule has 11 rings (SSSR count). The molecule has 0 N–H and O–H groups in total. The van der Waals surface area contributed by atoms with Crippen LogP contribution in [-0.2, 0) is 0 Å². The fourth-order valence-electron chi connectivity index (χ4n) is 7.84. The fraction of sp³-hybridized carbons (Fsp3) is 0. The van der Waals surface area contributed by atoms with Gasteiger partial charge in [-0.1, -0.05) is 152 Å². The Morgan fingerprint density at radius 3 is 1.70 bits per heavy atom. The maximum absolute atomic E-state index is 6.84. The maximum atomic E-state index is 6.84. The smallest absolute Gasteiger partial charge is 0.164 e. The normalized spacial score (nSPS) is 11.6. The first-order chi connectivity index (χ1) is 27.7. The van der Waals surface area contributed by atoms with E-state index in [2.05, 4.69) is 152 Å². The molecular formula is C51H31N3OS.